The molecule has 5 aliphatic rings. The van der Waals surface area contributed by atoms with Crippen molar-refractivity contribution in [2.24, 2.45) is 28.7 Å². The normalized spacial score (nSPS) is 55.7. The molecule has 4 saturated carbocycles. The van der Waals surface area contributed by atoms with Crippen LogP contribution in [0.15, 0.2) is 4.99 Å². The lowest BCUT2D eigenvalue weighted by Crippen LogP contribution is -2.64. The number of guanidine groups is 1. The zero-order valence-electron chi connectivity index (χ0n) is 10.00. The summed E-state index contributed by atoms with van der Waals surface area (Å²) in [5.74, 6) is 4.97. The minimum Gasteiger partial charge on any atom is -0.354 e. The van der Waals surface area contributed by atoms with E-state index in [9.17, 15) is 0 Å². The minimum absolute atomic E-state index is 0.377. The van der Waals surface area contributed by atoms with Gasteiger partial charge < -0.3 is 10.6 Å². The largest absolute Gasteiger partial charge is 0.354 e. The summed E-state index contributed by atoms with van der Waals surface area (Å²) < 4.78 is 0. The second kappa shape index (κ2) is 2.93. The van der Waals surface area contributed by atoms with Gasteiger partial charge in [-0.1, -0.05) is 0 Å². The van der Waals surface area contributed by atoms with Crippen LogP contribution in [-0.2, 0) is 0 Å². The fourth-order valence-electron chi connectivity index (χ4n) is 5.19. The van der Waals surface area contributed by atoms with Crippen LogP contribution in [0.4, 0.5) is 0 Å². The van der Waals surface area contributed by atoms with Gasteiger partial charge in [-0.15, -0.1) is 0 Å². The molecule has 3 heteroatoms. The molecule has 16 heavy (non-hydrogen) atoms. The van der Waals surface area contributed by atoms with E-state index in [-0.39, 0.29) is 0 Å². The van der Waals surface area contributed by atoms with Gasteiger partial charge in [0.15, 0.2) is 5.96 Å². The predicted molar refractivity (Wildman–Crippen MR) is 64.3 cm³/mol. The first-order valence-corrected chi connectivity index (χ1v) is 6.79. The summed E-state index contributed by atoms with van der Waals surface area (Å²) in [7, 11) is 1.88. The minimum atomic E-state index is 0.377. The van der Waals surface area contributed by atoms with E-state index in [0.29, 0.717) is 5.54 Å². The maximum atomic E-state index is 4.29. The zero-order valence-corrected chi connectivity index (χ0v) is 10.00. The lowest BCUT2D eigenvalue weighted by molar-refractivity contribution is -0.0561. The zero-order chi connectivity index (χ0) is 10.8. The summed E-state index contributed by atoms with van der Waals surface area (Å²) in [4.78, 5) is 4.29. The van der Waals surface area contributed by atoms with Gasteiger partial charge in [0.25, 0.3) is 0 Å². The third-order valence-corrected chi connectivity index (χ3v) is 5.72. The third kappa shape index (κ3) is 1.02. The molecular weight excluding hydrogens is 198 g/mol. The van der Waals surface area contributed by atoms with E-state index < -0.39 is 0 Å². The van der Waals surface area contributed by atoms with Gasteiger partial charge in [0.05, 0.1) is 5.54 Å². The van der Waals surface area contributed by atoms with Crippen molar-refractivity contribution in [3.8, 4) is 0 Å². The standard InChI is InChI=1S/C13H21N3/c1-14-12-15-7-13(16-12)10-3-8-2-9(5-10)6-11(13)4-8/h8-11H,2-7H2,1H3,(H2,14,15,16). The summed E-state index contributed by atoms with van der Waals surface area (Å²) >= 11 is 0. The average Bonchev–Trinajstić information content (AvgIpc) is 2.70. The Morgan fingerprint density at radius 2 is 1.69 bits per heavy atom. The van der Waals surface area contributed by atoms with Gasteiger partial charge in [-0.05, 0) is 55.8 Å². The van der Waals surface area contributed by atoms with Crippen LogP contribution in [0, 0.1) is 23.7 Å². The number of hydrogen-bond acceptors (Lipinski definition) is 1. The Balaban J connectivity index is 1.69. The fourth-order valence-corrected chi connectivity index (χ4v) is 5.19. The van der Waals surface area contributed by atoms with Crippen LogP contribution in [0.1, 0.15) is 32.1 Å². The van der Waals surface area contributed by atoms with Gasteiger partial charge in [-0.25, -0.2) is 0 Å². The first-order valence-electron chi connectivity index (χ1n) is 6.79. The summed E-state index contributed by atoms with van der Waals surface area (Å²) in [6.07, 6.45) is 7.42. The monoisotopic (exact) mass is 219 g/mol. The van der Waals surface area contributed by atoms with Crippen molar-refractivity contribution in [3.05, 3.63) is 0 Å². The van der Waals surface area contributed by atoms with Gasteiger partial charge in [0, 0.05) is 13.6 Å². The lowest BCUT2D eigenvalue weighted by Gasteiger charge is -2.59. The van der Waals surface area contributed by atoms with Crippen molar-refractivity contribution in [3.63, 3.8) is 0 Å². The molecule has 5 rings (SSSR count). The van der Waals surface area contributed by atoms with E-state index in [2.05, 4.69) is 15.6 Å². The van der Waals surface area contributed by atoms with E-state index in [4.69, 9.17) is 0 Å². The molecule has 0 aromatic rings. The van der Waals surface area contributed by atoms with Crippen molar-refractivity contribution in [1.29, 1.82) is 0 Å². The highest BCUT2D eigenvalue weighted by Gasteiger charge is 2.59. The Labute approximate surface area is 97.1 Å². The maximum Gasteiger partial charge on any atom is 0.191 e. The predicted octanol–water partition coefficient (Wildman–Crippen LogP) is 1.36. The molecule has 88 valence electrons. The molecule has 1 saturated heterocycles. The van der Waals surface area contributed by atoms with Crippen molar-refractivity contribution in [1.82, 2.24) is 10.6 Å². The number of hydrogen-bond donors (Lipinski definition) is 2. The summed E-state index contributed by atoms with van der Waals surface area (Å²) in [5, 5.41) is 7.20. The molecule has 0 aromatic carbocycles. The summed E-state index contributed by atoms with van der Waals surface area (Å²) in [5.41, 5.74) is 0.377. The first kappa shape index (κ1) is 9.32. The molecule has 1 spiro atoms. The molecule has 0 aromatic heterocycles. The van der Waals surface area contributed by atoms with E-state index in [1.165, 1.54) is 32.1 Å². The summed E-state index contributed by atoms with van der Waals surface area (Å²) in [6.45, 7) is 1.12. The number of nitrogens with one attached hydrogen (secondary N) is 2. The van der Waals surface area contributed by atoms with Gasteiger partial charge >= 0.3 is 0 Å². The Bertz CT molecular complexity index is 319. The molecular formula is C13H21N3. The van der Waals surface area contributed by atoms with Crippen LogP contribution < -0.4 is 10.6 Å². The second-order valence-electron chi connectivity index (χ2n) is 6.40. The van der Waals surface area contributed by atoms with Crippen molar-refractivity contribution < 1.29 is 0 Å². The van der Waals surface area contributed by atoms with Crippen LogP contribution in [0.25, 0.3) is 0 Å². The lowest BCUT2D eigenvalue weighted by atomic mass is 9.49. The molecule has 4 bridgehead atoms. The second-order valence-corrected chi connectivity index (χ2v) is 6.40. The average molecular weight is 219 g/mol. The van der Waals surface area contributed by atoms with E-state index in [1.807, 2.05) is 7.05 Å². The van der Waals surface area contributed by atoms with Gasteiger partial charge in [-0.2, -0.15) is 0 Å². The Morgan fingerprint density at radius 1 is 1.06 bits per heavy atom. The number of aliphatic imine (C=N–C) groups is 1. The highest BCUT2D eigenvalue weighted by molar-refractivity contribution is 5.83. The van der Waals surface area contributed by atoms with Gasteiger partial charge in [-0.3, -0.25) is 4.99 Å². The van der Waals surface area contributed by atoms with Crippen LogP contribution >= 0.6 is 0 Å². The quantitative estimate of drug-likeness (QED) is 0.645. The SMILES string of the molecule is CN=C1NCC2(N1)C1CC3CC(C1)CC2C3. The van der Waals surface area contributed by atoms with Crippen molar-refractivity contribution in [2.45, 2.75) is 37.6 Å². The maximum absolute atomic E-state index is 4.29. The molecule has 2 N–H and O–H groups in total. The Hall–Kier alpha value is -0.730. The number of nitrogens with zero attached hydrogens (tertiary/aromatic N) is 1. The Kier molecular flexibility index (Phi) is 1.71. The van der Waals surface area contributed by atoms with Gasteiger partial charge in [0.1, 0.15) is 0 Å². The van der Waals surface area contributed by atoms with Crippen LogP contribution in [0.2, 0.25) is 0 Å². The van der Waals surface area contributed by atoms with Crippen LogP contribution in [-0.4, -0.2) is 25.1 Å². The van der Waals surface area contributed by atoms with E-state index >= 15 is 0 Å². The first-order chi connectivity index (χ1) is 7.80. The highest BCUT2D eigenvalue weighted by atomic mass is 15.3. The highest BCUT2D eigenvalue weighted by Crippen LogP contribution is 2.58. The van der Waals surface area contributed by atoms with E-state index in [1.54, 1.807) is 0 Å². The topological polar surface area (TPSA) is 36.4 Å². The number of rotatable bonds is 0. The molecule has 5 fully saturated rings. The van der Waals surface area contributed by atoms with Crippen molar-refractivity contribution >= 4 is 5.96 Å². The third-order valence-electron chi connectivity index (χ3n) is 5.72. The molecule has 0 amide bonds. The molecule has 0 atom stereocenters. The molecule has 3 nitrogen and oxygen atoms in total. The molecule has 1 heterocycles. The molecule has 4 aliphatic carbocycles. The Morgan fingerprint density at radius 3 is 2.19 bits per heavy atom. The molecule has 0 unspecified atom stereocenters. The molecule has 1 aliphatic heterocycles. The van der Waals surface area contributed by atoms with Crippen LogP contribution in [0.3, 0.4) is 0 Å². The smallest absolute Gasteiger partial charge is 0.191 e. The summed E-state index contributed by atoms with van der Waals surface area (Å²) in [6, 6.07) is 0. The van der Waals surface area contributed by atoms with Gasteiger partial charge in [0.2, 0.25) is 0 Å². The van der Waals surface area contributed by atoms with Crippen LogP contribution in [0.5, 0.6) is 0 Å². The van der Waals surface area contributed by atoms with Crippen molar-refractivity contribution in [2.75, 3.05) is 13.6 Å². The van der Waals surface area contributed by atoms with E-state index in [0.717, 1.165) is 36.2 Å². The molecule has 0 radical (unpaired) electrons. The fraction of sp³-hybridized carbons (Fsp3) is 0.923.